The average Bonchev–Trinajstić information content (AvgIpc) is 3.33. The Hall–Kier alpha value is -2.84. The van der Waals surface area contributed by atoms with Crippen molar-refractivity contribution in [2.24, 2.45) is 5.10 Å². The van der Waals surface area contributed by atoms with Crippen molar-refractivity contribution in [1.82, 2.24) is 10.4 Å². The molecular weight excluding hydrogens is 509 g/mol. The lowest BCUT2D eigenvalue weighted by atomic mass is 10.2. The third-order valence-electron chi connectivity index (χ3n) is 4.59. The maximum Gasteiger partial charge on any atom is 0.250 e. The number of halogens is 2. The van der Waals surface area contributed by atoms with Crippen LogP contribution in [0.15, 0.2) is 87.6 Å². The highest BCUT2D eigenvalue weighted by Gasteiger charge is 2.08. The molecule has 0 spiro atoms. The van der Waals surface area contributed by atoms with Crippen LogP contribution in [0.3, 0.4) is 0 Å². The number of nitrogens with zero attached hydrogens (tertiary/aromatic N) is 2. The number of thioether (sulfide) groups is 1. The second kappa shape index (κ2) is 12.0. The molecule has 0 radical (unpaired) electrons. The molecule has 0 atom stereocenters. The summed E-state index contributed by atoms with van der Waals surface area (Å²) in [5.41, 5.74) is 6.06. The van der Waals surface area contributed by atoms with Gasteiger partial charge in [-0.3, -0.25) is 4.79 Å². The SMILES string of the molecule is O=C(CSc1nc(-c2ccccc2)cs1)N/N=C/c1ccccc1OCc1ccc(Cl)cc1Cl. The molecule has 0 unspecified atom stereocenters. The summed E-state index contributed by atoms with van der Waals surface area (Å²) >= 11 is 15.1. The van der Waals surface area contributed by atoms with E-state index < -0.39 is 0 Å². The number of benzene rings is 3. The van der Waals surface area contributed by atoms with Gasteiger partial charge >= 0.3 is 0 Å². The molecule has 0 saturated carbocycles. The molecular formula is C25H19Cl2N3O2S2. The van der Waals surface area contributed by atoms with Gasteiger partial charge in [0.05, 0.1) is 17.7 Å². The van der Waals surface area contributed by atoms with Gasteiger partial charge in [0.25, 0.3) is 5.91 Å². The number of aromatic nitrogens is 1. The summed E-state index contributed by atoms with van der Waals surface area (Å²) in [7, 11) is 0. The van der Waals surface area contributed by atoms with Crippen LogP contribution in [0.5, 0.6) is 5.75 Å². The molecule has 4 aromatic rings. The third-order valence-corrected chi connectivity index (χ3v) is 7.20. The topological polar surface area (TPSA) is 63.6 Å². The van der Waals surface area contributed by atoms with Crippen molar-refractivity contribution in [3.05, 3.63) is 99.3 Å². The van der Waals surface area contributed by atoms with E-state index in [-0.39, 0.29) is 18.3 Å². The summed E-state index contributed by atoms with van der Waals surface area (Å²) in [5.74, 6) is 0.618. The Bertz CT molecular complexity index is 1300. The van der Waals surface area contributed by atoms with Crippen LogP contribution >= 0.6 is 46.3 Å². The van der Waals surface area contributed by atoms with Gasteiger partial charge in [-0.05, 0) is 24.3 Å². The highest BCUT2D eigenvalue weighted by atomic mass is 35.5. The van der Waals surface area contributed by atoms with Gasteiger partial charge in [-0.25, -0.2) is 10.4 Å². The molecule has 0 fully saturated rings. The number of para-hydroxylation sites is 1. The number of carbonyl (C=O) groups excluding carboxylic acids is 1. The second-order valence-corrected chi connectivity index (χ2v) is 9.93. The molecule has 4 rings (SSSR count). The van der Waals surface area contributed by atoms with Gasteiger partial charge in [0.1, 0.15) is 12.4 Å². The number of hydrogen-bond acceptors (Lipinski definition) is 6. The van der Waals surface area contributed by atoms with Gasteiger partial charge in [0, 0.05) is 32.1 Å². The van der Waals surface area contributed by atoms with Gasteiger partial charge in [0.15, 0.2) is 4.34 Å². The summed E-state index contributed by atoms with van der Waals surface area (Å²) in [4.78, 5) is 16.8. The van der Waals surface area contributed by atoms with Crippen molar-refractivity contribution >= 4 is 58.4 Å². The highest BCUT2D eigenvalue weighted by Crippen LogP contribution is 2.28. The molecule has 0 aliphatic rings. The summed E-state index contributed by atoms with van der Waals surface area (Å²) in [6.07, 6.45) is 1.55. The number of nitrogens with one attached hydrogen (secondary N) is 1. The van der Waals surface area contributed by atoms with Gasteiger partial charge in [-0.1, -0.05) is 83.5 Å². The van der Waals surface area contributed by atoms with E-state index in [0.717, 1.165) is 26.7 Å². The first-order chi connectivity index (χ1) is 16.6. The average molecular weight is 528 g/mol. The van der Waals surface area contributed by atoms with E-state index in [4.69, 9.17) is 27.9 Å². The summed E-state index contributed by atoms with van der Waals surface area (Å²) in [5, 5.41) is 7.17. The zero-order valence-corrected chi connectivity index (χ0v) is 20.9. The lowest BCUT2D eigenvalue weighted by Gasteiger charge is -2.10. The van der Waals surface area contributed by atoms with E-state index in [1.165, 1.54) is 23.1 Å². The number of ether oxygens (including phenoxy) is 1. The zero-order valence-electron chi connectivity index (χ0n) is 17.8. The fourth-order valence-electron chi connectivity index (χ4n) is 2.91. The maximum absolute atomic E-state index is 12.2. The van der Waals surface area contributed by atoms with E-state index >= 15 is 0 Å². The molecule has 1 aromatic heterocycles. The molecule has 0 saturated heterocycles. The summed E-state index contributed by atoms with van der Waals surface area (Å²) in [6, 6.07) is 22.6. The molecule has 1 amide bonds. The summed E-state index contributed by atoms with van der Waals surface area (Å²) < 4.78 is 6.73. The largest absolute Gasteiger partial charge is 0.488 e. The minimum Gasteiger partial charge on any atom is -0.488 e. The van der Waals surface area contributed by atoms with Crippen LogP contribution in [0.1, 0.15) is 11.1 Å². The Labute approximate surface area is 215 Å². The van der Waals surface area contributed by atoms with Crippen LogP contribution in [-0.2, 0) is 11.4 Å². The Morgan fingerprint density at radius 1 is 1.09 bits per heavy atom. The van der Waals surface area contributed by atoms with Gasteiger partial charge in [-0.15, -0.1) is 11.3 Å². The molecule has 0 bridgehead atoms. The predicted octanol–water partition coefficient (Wildman–Crippen LogP) is 6.94. The van der Waals surface area contributed by atoms with Crippen LogP contribution in [0.2, 0.25) is 10.0 Å². The van der Waals surface area contributed by atoms with E-state index in [2.05, 4.69) is 15.5 Å². The van der Waals surface area contributed by atoms with Crippen molar-refractivity contribution < 1.29 is 9.53 Å². The number of amides is 1. The second-order valence-electron chi connectivity index (χ2n) is 7.01. The molecule has 0 aliphatic carbocycles. The molecule has 1 heterocycles. The number of carbonyl (C=O) groups is 1. The number of hydrogen-bond donors (Lipinski definition) is 1. The molecule has 172 valence electrons. The molecule has 34 heavy (non-hydrogen) atoms. The first-order valence-electron chi connectivity index (χ1n) is 10.2. The Balaban J connectivity index is 1.29. The van der Waals surface area contributed by atoms with Crippen molar-refractivity contribution in [2.45, 2.75) is 10.9 Å². The Morgan fingerprint density at radius 3 is 2.71 bits per heavy atom. The van der Waals surface area contributed by atoms with E-state index in [1.807, 2.05) is 66.0 Å². The van der Waals surface area contributed by atoms with Crippen molar-refractivity contribution in [1.29, 1.82) is 0 Å². The van der Waals surface area contributed by atoms with Crippen LogP contribution < -0.4 is 10.2 Å². The van der Waals surface area contributed by atoms with Crippen molar-refractivity contribution in [2.75, 3.05) is 5.75 Å². The Kier molecular flexibility index (Phi) is 8.60. The van der Waals surface area contributed by atoms with Crippen LogP contribution in [0.4, 0.5) is 0 Å². The molecule has 0 aliphatic heterocycles. The van der Waals surface area contributed by atoms with Gasteiger partial charge in [0.2, 0.25) is 0 Å². The zero-order chi connectivity index (χ0) is 23.8. The molecule has 1 N–H and O–H groups in total. The van der Waals surface area contributed by atoms with Crippen LogP contribution in [0.25, 0.3) is 11.3 Å². The fourth-order valence-corrected chi connectivity index (χ4v) is 5.00. The fraction of sp³-hybridized carbons (Fsp3) is 0.0800. The predicted molar refractivity (Wildman–Crippen MR) is 141 cm³/mol. The minimum atomic E-state index is -0.218. The van der Waals surface area contributed by atoms with E-state index in [1.54, 1.807) is 18.3 Å². The lowest BCUT2D eigenvalue weighted by molar-refractivity contribution is -0.118. The van der Waals surface area contributed by atoms with Crippen LogP contribution in [-0.4, -0.2) is 22.9 Å². The van der Waals surface area contributed by atoms with E-state index in [0.29, 0.717) is 15.8 Å². The quantitative estimate of drug-likeness (QED) is 0.145. The first kappa shape index (κ1) is 24.3. The van der Waals surface area contributed by atoms with Gasteiger partial charge in [-0.2, -0.15) is 5.10 Å². The standard InChI is InChI=1S/C25H19Cl2N3O2S2/c26-20-11-10-19(21(27)12-20)14-32-23-9-5-4-8-18(23)13-28-30-24(31)16-34-25-29-22(15-33-25)17-6-2-1-3-7-17/h1-13,15H,14,16H2,(H,30,31)/b28-13+. The molecule has 3 aromatic carbocycles. The number of hydrazone groups is 1. The normalized spacial score (nSPS) is 11.0. The van der Waals surface area contributed by atoms with Crippen molar-refractivity contribution in [3.8, 4) is 17.0 Å². The van der Waals surface area contributed by atoms with Crippen molar-refractivity contribution in [3.63, 3.8) is 0 Å². The first-order valence-corrected chi connectivity index (χ1v) is 12.8. The highest BCUT2D eigenvalue weighted by molar-refractivity contribution is 8.01. The number of thiazole rings is 1. The number of rotatable bonds is 9. The van der Waals surface area contributed by atoms with Gasteiger partial charge < -0.3 is 4.74 Å². The molecule has 9 heteroatoms. The minimum absolute atomic E-state index is 0.215. The van der Waals surface area contributed by atoms with E-state index in [9.17, 15) is 4.79 Å². The van der Waals surface area contributed by atoms with Crippen LogP contribution in [0, 0.1) is 0 Å². The maximum atomic E-state index is 12.2. The monoisotopic (exact) mass is 527 g/mol. The lowest BCUT2D eigenvalue weighted by Crippen LogP contribution is -2.19. The molecule has 5 nitrogen and oxygen atoms in total. The third kappa shape index (κ3) is 6.84. The Morgan fingerprint density at radius 2 is 1.88 bits per heavy atom. The smallest absolute Gasteiger partial charge is 0.250 e. The summed E-state index contributed by atoms with van der Waals surface area (Å²) in [6.45, 7) is 0.280.